The molecular weight excluding hydrogens is 368 g/mol. The Hall–Kier alpha value is -1.38. The Bertz CT molecular complexity index is 557. The average molecular weight is 375 g/mol. The van der Waals surface area contributed by atoms with E-state index in [1.54, 1.807) is 17.1 Å². The van der Waals surface area contributed by atoms with Crippen LogP contribution in [0.1, 0.15) is 0 Å². The van der Waals surface area contributed by atoms with Gasteiger partial charge in [0.2, 0.25) is 0 Å². The molecule has 0 atom stereocenters. The van der Waals surface area contributed by atoms with Crippen molar-refractivity contribution in [2.45, 2.75) is 0 Å². The van der Waals surface area contributed by atoms with Gasteiger partial charge in [-0.1, -0.05) is 11.5 Å². The van der Waals surface area contributed by atoms with Crippen LogP contribution in [-0.2, 0) is 20.1 Å². The van der Waals surface area contributed by atoms with Crippen molar-refractivity contribution < 1.29 is 24.5 Å². The molecule has 0 unspecified atom stereocenters. The number of fused-ring (bicyclic) bond motifs is 1. The van der Waals surface area contributed by atoms with Crippen LogP contribution in [0.3, 0.4) is 0 Å². The second-order valence-corrected chi connectivity index (χ2v) is 2.98. The Balaban J connectivity index is 0.000000853. The van der Waals surface area contributed by atoms with Crippen LogP contribution in [0.2, 0.25) is 0 Å². The van der Waals surface area contributed by atoms with E-state index in [0.717, 1.165) is 16.7 Å². The van der Waals surface area contributed by atoms with Gasteiger partial charge < -0.3 is 4.42 Å². The Morgan fingerprint density at radius 2 is 2.27 bits per heavy atom. The monoisotopic (exact) mass is 376 g/mol. The number of hydrogen-bond acceptors (Lipinski definition) is 2. The fraction of sp³-hybridized carbons (Fsp3) is 0. The maximum Gasteiger partial charge on any atom is 0.0765 e. The van der Waals surface area contributed by atoms with Crippen LogP contribution >= 0.6 is 0 Å². The van der Waals surface area contributed by atoms with Gasteiger partial charge in [-0.25, -0.2) is 0 Å². The predicted octanol–water partition coefficient (Wildman–Crippen LogP) is 2.42. The molecule has 15 heavy (non-hydrogen) atoms. The first-order valence-corrected chi connectivity index (χ1v) is 4.33. The summed E-state index contributed by atoms with van der Waals surface area (Å²) in [6.07, 6.45) is 5.30. The van der Waals surface area contributed by atoms with Crippen LogP contribution in [-0.4, -0.2) is 9.78 Å². The fourth-order valence-corrected chi connectivity index (χ4v) is 1.51. The van der Waals surface area contributed by atoms with Crippen molar-refractivity contribution in [3.63, 3.8) is 0 Å². The number of rotatable bonds is 1. The fourth-order valence-electron chi connectivity index (χ4n) is 1.51. The molecule has 0 saturated carbocycles. The van der Waals surface area contributed by atoms with Crippen molar-refractivity contribution in [3.05, 3.63) is 49.0 Å². The van der Waals surface area contributed by atoms with Gasteiger partial charge in [0.15, 0.2) is 0 Å². The Morgan fingerprint density at radius 1 is 1.33 bits per heavy atom. The van der Waals surface area contributed by atoms with E-state index in [4.69, 9.17) is 4.42 Å². The summed E-state index contributed by atoms with van der Waals surface area (Å²) in [7, 11) is 0. The molecule has 0 fully saturated rings. The molecule has 2 heterocycles. The number of aromatic nitrogens is 2. The maximum atomic E-state index is 5.30. The Morgan fingerprint density at radius 3 is 3.07 bits per heavy atom. The molecule has 0 saturated heterocycles. The molecule has 0 bridgehead atoms. The van der Waals surface area contributed by atoms with E-state index < -0.39 is 0 Å². The molecular formula is C11H7IrN2O-. The van der Waals surface area contributed by atoms with Crippen molar-refractivity contribution >= 4 is 11.0 Å². The molecule has 1 aromatic carbocycles. The molecule has 0 aliphatic rings. The average Bonchev–Trinajstić information content (AvgIpc) is 2.88. The van der Waals surface area contributed by atoms with Crippen molar-refractivity contribution in [1.29, 1.82) is 0 Å². The maximum absolute atomic E-state index is 5.30. The molecule has 0 N–H and O–H groups in total. The first kappa shape index (κ1) is 10.1. The van der Waals surface area contributed by atoms with E-state index >= 15 is 0 Å². The third-order valence-electron chi connectivity index (χ3n) is 2.14. The van der Waals surface area contributed by atoms with Gasteiger partial charge in [-0.3, -0.25) is 4.68 Å². The van der Waals surface area contributed by atoms with Gasteiger partial charge in [0.05, 0.1) is 6.26 Å². The summed E-state index contributed by atoms with van der Waals surface area (Å²) in [5.74, 6) is 0. The van der Waals surface area contributed by atoms with E-state index in [1.165, 1.54) is 0 Å². The minimum absolute atomic E-state index is 0. The number of hydrogen-bond donors (Lipinski definition) is 0. The van der Waals surface area contributed by atoms with Crippen molar-refractivity contribution in [2.24, 2.45) is 0 Å². The van der Waals surface area contributed by atoms with Crippen LogP contribution in [0.5, 0.6) is 0 Å². The first-order chi connectivity index (χ1) is 6.95. The number of nitrogens with zero attached hydrogens (tertiary/aromatic N) is 2. The predicted molar refractivity (Wildman–Crippen MR) is 52.2 cm³/mol. The summed E-state index contributed by atoms with van der Waals surface area (Å²) >= 11 is 0. The summed E-state index contributed by atoms with van der Waals surface area (Å²) in [6, 6.07) is 10.7. The van der Waals surface area contributed by atoms with Crippen molar-refractivity contribution in [2.75, 3.05) is 0 Å². The van der Waals surface area contributed by atoms with Crippen molar-refractivity contribution in [1.82, 2.24) is 9.78 Å². The van der Waals surface area contributed by atoms with Gasteiger partial charge in [-0.15, -0.1) is 6.07 Å². The molecule has 0 aliphatic heterocycles. The largest absolute Gasteiger partial charge is 0.491 e. The zero-order chi connectivity index (χ0) is 9.38. The molecule has 0 aliphatic carbocycles. The topological polar surface area (TPSA) is 31.0 Å². The third-order valence-corrected chi connectivity index (χ3v) is 2.14. The quantitative estimate of drug-likeness (QED) is 0.612. The summed E-state index contributed by atoms with van der Waals surface area (Å²) < 4.78 is 7.07. The van der Waals surface area contributed by atoms with E-state index in [-0.39, 0.29) is 20.1 Å². The van der Waals surface area contributed by atoms with Crippen LogP contribution in [0, 0.1) is 6.07 Å². The molecule has 77 valence electrons. The van der Waals surface area contributed by atoms with Crippen LogP contribution < -0.4 is 0 Å². The minimum Gasteiger partial charge on any atom is -0.491 e. The number of furan rings is 1. The van der Waals surface area contributed by atoms with Crippen LogP contribution in [0.15, 0.2) is 47.3 Å². The molecule has 0 spiro atoms. The van der Waals surface area contributed by atoms with Gasteiger partial charge in [0.25, 0.3) is 0 Å². The molecule has 4 heteroatoms. The zero-order valence-electron chi connectivity index (χ0n) is 7.68. The van der Waals surface area contributed by atoms with E-state index in [9.17, 15) is 0 Å². The van der Waals surface area contributed by atoms with E-state index in [1.807, 2.05) is 30.5 Å². The van der Waals surface area contributed by atoms with Gasteiger partial charge >= 0.3 is 0 Å². The Labute approximate surface area is 100 Å². The van der Waals surface area contributed by atoms with E-state index in [2.05, 4.69) is 11.2 Å². The normalized spacial score (nSPS) is 10.1. The third kappa shape index (κ3) is 1.62. The standard InChI is InChI=1S/C11H7N2O.Ir/c1-3-10(13-7-2-6-12-13)9-5-8-14-11(9)4-1;/h1-2,4-8H;/q-1;. The van der Waals surface area contributed by atoms with E-state index in [0.29, 0.717) is 0 Å². The molecule has 2 aromatic heterocycles. The van der Waals surface area contributed by atoms with Gasteiger partial charge in [0, 0.05) is 38.1 Å². The second kappa shape index (κ2) is 4.01. The summed E-state index contributed by atoms with van der Waals surface area (Å²) in [5.41, 5.74) is 1.77. The summed E-state index contributed by atoms with van der Waals surface area (Å²) in [4.78, 5) is 0. The molecule has 1 radical (unpaired) electrons. The molecule has 3 rings (SSSR count). The molecule has 0 amide bonds. The number of benzene rings is 1. The van der Waals surface area contributed by atoms with Gasteiger partial charge in [0.1, 0.15) is 0 Å². The van der Waals surface area contributed by atoms with Crippen molar-refractivity contribution in [3.8, 4) is 5.69 Å². The van der Waals surface area contributed by atoms with Crippen LogP contribution in [0.4, 0.5) is 0 Å². The molecule has 3 aromatic rings. The minimum atomic E-state index is 0. The van der Waals surface area contributed by atoms with Gasteiger partial charge in [-0.2, -0.15) is 17.2 Å². The zero-order valence-corrected chi connectivity index (χ0v) is 10.1. The summed E-state index contributed by atoms with van der Waals surface area (Å²) in [6.45, 7) is 0. The smallest absolute Gasteiger partial charge is 0.0765 e. The van der Waals surface area contributed by atoms with Gasteiger partial charge in [-0.05, 0) is 11.8 Å². The molecule has 3 nitrogen and oxygen atoms in total. The van der Waals surface area contributed by atoms with Crippen LogP contribution in [0.25, 0.3) is 16.7 Å². The summed E-state index contributed by atoms with van der Waals surface area (Å²) in [5, 5.41) is 5.18. The SMILES string of the molecule is [Ir].[c-]1ccc2occc2c1-n1cccn1. The Kier molecular flexibility index (Phi) is 2.71. The second-order valence-electron chi connectivity index (χ2n) is 2.98. The first-order valence-electron chi connectivity index (χ1n) is 4.33.